The number of carboxylic acid groups (broad SMARTS) is 1. The smallest absolute Gasteiger partial charge is 0.411 e. The third-order valence-electron chi connectivity index (χ3n) is 5.49. The van der Waals surface area contributed by atoms with Gasteiger partial charge in [0, 0.05) is 21.6 Å². The molecule has 0 bridgehead atoms. The summed E-state index contributed by atoms with van der Waals surface area (Å²) in [4.78, 5) is 35.5. The fourth-order valence-corrected chi connectivity index (χ4v) is 4.42. The Morgan fingerprint density at radius 3 is 2.21 bits per heavy atom. The molecule has 0 fully saturated rings. The van der Waals surface area contributed by atoms with Crippen LogP contribution in [0.2, 0.25) is 0 Å². The summed E-state index contributed by atoms with van der Waals surface area (Å²) in [7, 11) is 0. The zero-order valence-electron chi connectivity index (χ0n) is 17.8. The van der Waals surface area contributed by atoms with Crippen molar-refractivity contribution in [1.82, 2.24) is 5.32 Å². The van der Waals surface area contributed by atoms with Gasteiger partial charge in [-0.2, -0.15) is 0 Å². The van der Waals surface area contributed by atoms with Crippen LogP contribution in [0.15, 0.2) is 71.2 Å². The molecular formula is C25H21BrN2O6. The lowest BCUT2D eigenvalue weighted by atomic mass is 9.98. The number of benzene rings is 3. The average molecular weight is 525 g/mol. The number of carboxylic acids is 1. The van der Waals surface area contributed by atoms with Crippen LogP contribution in [0.25, 0.3) is 11.1 Å². The van der Waals surface area contributed by atoms with E-state index in [9.17, 15) is 19.5 Å². The summed E-state index contributed by atoms with van der Waals surface area (Å²) in [5.74, 6) is -2.12. The van der Waals surface area contributed by atoms with Crippen LogP contribution in [0, 0.1) is 0 Å². The van der Waals surface area contributed by atoms with Crippen LogP contribution < -0.4 is 10.6 Å². The molecule has 0 unspecified atom stereocenters. The molecule has 8 nitrogen and oxygen atoms in total. The summed E-state index contributed by atoms with van der Waals surface area (Å²) >= 11 is 3.29. The lowest BCUT2D eigenvalue weighted by Gasteiger charge is -2.15. The second-order valence-electron chi connectivity index (χ2n) is 7.74. The van der Waals surface area contributed by atoms with Gasteiger partial charge in [0.25, 0.3) is 5.91 Å². The quantitative estimate of drug-likeness (QED) is 0.370. The minimum absolute atomic E-state index is 0.0809. The topological polar surface area (TPSA) is 125 Å². The van der Waals surface area contributed by atoms with E-state index in [1.807, 2.05) is 36.4 Å². The molecule has 1 atom stereocenters. The fraction of sp³-hybridized carbons (Fsp3) is 0.160. The molecule has 0 saturated heterocycles. The molecule has 0 heterocycles. The van der Waals surface area contributed by atoms with E-state index in [2.05, 4.69) is 38.7 Å². The van der Waals surface area contributed by atoms with Crippen molar-refractivity contribution < 1.29 is 29.3 Å². The zero-order valence-corrected chi connectivity index (χ0v) is 19.4. The molecule has 174 valence electrons. The molecule has 4 N–H and O–H groups in total. The van der Waals surface area contributed by atoms with Crippen molar-refractivity contribution in [1.29, 1.82) is 0 Å². The number of anilines is 1. The highest BCUT2D eigenvalue weighted by atomic mass is 79.9. The SMILES string of the molecule is O=C(Nc1cc(Br)cc(C(=O)NC[C@H](O)C(=O)O)c1)OCC1c2ccccc2-c2ccccc21. The Labute approximate surface area is 203 Å². The molecule has 3 aromatic rings. The van der Waals surface area contributed by atoms with Crippen LogP contribution in [-0.4, -0.2) is 47.4 Å². The van der Waals surface area contributed by atoms with Gasteiger partial charge in [0.2, 0.25) is 0 Å². The number of hydrogen-bond donors (Lipinski definition) is 4. The molecule has 9 heteroatoms. The summed E-state index contributed by atoms with van der Waals surface area (Å²) in [5.41, 5.74) is 4.94. The summed E-state index contributed by atoms with van der Waals surface area (Å²) in [6.07, 6.45) is -2.39. The molecule has 2 amide bonds. The Morgan fingerprint density at radius 2 is 1.59 bits per heavy atom. The van der Waals surface area contributed by atoms with E-state index >= 15 is 0 Å². The molecule has 0 radical (unpaired) electrons. The third-order valence-corrected chi connectivity index (χ3v) is 5.95. The van der Waals surface area contributed by atoms with Crippen molar-refractivity contribution >= 4 is 39.6 Å². The second kappa shape index (κ2) is 10.1. The molecule has 0 aromatic heterocycles. The first-order valence-corrected chi connectivity index (χ1v) is 11.2. The predicted octanol–water partition coefficient (Wildman–Crippen LogP) is 3.99. The Bertz CT molecular complexity index is 1220. The van der Waals surface area contributed by atoms with E-state index in [1.54, 1.807) is 6.07 Å². The van der Waals surface area contributed by atoms with Crippen molar-refractivity contribution in [2.45, 2.75) is 12.0 Å². The standard InChI is InChI=1S/C25H21BrN2O6/c26-15-9-14(23(30)27-12-22(29)24(31)32)10-16(11-15)28-25(33)34-13-21-19-7-3-1-5-17(19)18-6-2-4-8-20(18)21/h1-11,21-22,29H,12-13H2,(H,27,30)(H,28,33)(H,31,32)/t22-/m0/s1. The van der Waals surface area contributed by atoms with Gasteiger partial charge in [-0.05, 0) is 40.5 Å². The predicted molar refractivity (Wildman–Crippen MR) is 129 cm³/mol. The number of rotatable bonds is 7. The Balaban J connectivity index is 1.41. The Kier molecular flexibility index (Phi) is 6.95. The van der Waals surface area contributed by atoms with Crippen LogP contribution in [0.3, 0.4) is 0 Å². The summed E-state index contributed by atoms with van der Waals surface area (Å²) in [6.45, 7) is -0.301. The van der Waals surface area contributed by atoms with Gasteiger partial charge < -0.3 is 20.3 Å². The van der Waals surface area contributed by atoms with E-state index in [0.717, 1.165) is 22.3 Å². The van der Waals surface area contributed by atoms with E-state index in [1.165, 1.54) is 12.1 Å². The maximum absolute atomic E-state index is 12.5. The van der Waals surface area contributed by atoms with Crippen molar-refractivity contribution in [3.8, 4) is 11.1 Å². The van der Waals surface area contributed by atoms with Crippen LogP contribution in [0.1, 0.15) is 27.4 Å². The lowest BCUT2D eigenvalue weighted by molar-refractivity contribution is -0.146. The molecular weight excluding hydrogens is 504 g/mol. The van der Waals surface area contributed by atoms with Crippen molar-refractivity contribution in [3.05, 3.63) is 87.9 Å². The van der Waals surface area contributed by atoms with E-state index in [0.29, 0.717) is 10.2 Å². The highest BCUT2D eigenvalue weighted by Gasteiger charge is 2.29. The molecule has 0 saturated carbocycles. The monoisotopic (exact) mass is 524 g/mol. The van der Waals surface area contributed by atoms with Gasteiger partial charge in [-0.1, -0.05) is 64.5 Å². The van der Waals surface area contributed by atoms with Gasteiger partial charge in [0.15, 0.2) is 6.10 Å². The summed E-state index contributed by atoms with van der Waals surface area (Å²) < 4.78 is 6.05. The van der Waals surface area contributed by atoms with Gasteiger partial charge in [-0.3, -0.25) is 10.1 Å². The van der Waals surface area contributed by atoms with Gasteiger partial charge >= 0.3 is 12.1 Å². The van der Waals surface area contributed by atoms with Crippen LogP contribution in [-0.2, 0) is 9.53 Å². The molecule has 34 heavy (non-hydrogen) atoms. The van der Waals surface area contributed by atoms with Crippen molar-refractivity contribution in [2.75, 3.05) is 18.5 Å². The van der Waals surface area contributed by atoms with Crippen LogP contribution in [0.5, 0.6) is 0 Å². The number of aliphatic hydroxyl groups is 1. The fourth-order valence-electron chi connectivity index (χ4n) is 3.92. The van der Waals surface area contributed by atoms with Crippen molar-refractivity contribution in [2.24, 2.45) is 0 Å². The Hall–Kier alpha value is -3.69. The minimum Gasteiger partial charge on any atom is -0.479 e. The molecule has 1 aliphatic carbocycles. The molecule has 1 aliphatic rings. The van der Waals surface area contributed by atoms with E-state index < -0.39 is 30.6 Å². The number of amides is 2. The number of aliphatic hydroxyl groups excluding tert-OH is 1. The normalized spacial score (nSPS) is 12.9. The molecule has 0 aliphatic heterocycles. The number of fused-ring (bicyclic) bond motifs is 3. The summed E-state index contributed by atoms with van der Waals surface area (Å²) in [5, 5.41) is 23.0. The first-order chi connectivity index (χ1) is 16.3. The van der Waals surface area contributed by atoms with Gasteiger partial charge in [0.05, 0.1) is 6.54 Å². The maximum Gasteiger partial charge on any atom is 0.411 e. The number of nitrogens with one attached hydrogen (secondary N) is 2. The molecule has 3 aromatic carbocycles. The minimum atomic E-state index is -1.71. The summed E-state index contributed by atoms with van der Waals surface area (Å²) in [6, 6.07) is 20.6. The second-order valence-corrected chi connectivity index (χ2v) is 8.66. The van der Waals surface area contributed by atoms with E-state index in [4.69, 9.17) is 9.84 Å². The van der Waals surface area contributed by atoms with Gasteiger partial charge in [-0.15, -0.1) is 0 Å². The number of carbonyl (C=O) groups excluding carboxylic acids is 2. The van der Waals surface area contributed by atoms with Crippen LogP contribution in [0.4, 0.5) is 10.5 Å². The Morgan fingerprint density at radius 1 is 0.971 bits per heavy atom. The third kappa shape index (κ3) is 5.11. The largest absolute Gasteiger partial charge is 0.479 e. The van der Waals surface area contributed by atoms with E-state index in [-0.39, 0.29) is 18.1 Å². The number of halogens is 1. The first kappa shape index (κ1) is 23.5. The number of ether oxygens (including phenoxy) is 1. The van der Waals surface area contributed by atoms with Gasteiger partial charge in [0.1, 0.15) is 6.61 Å². The number of hydrogen-bond acceptors (Lipinski definition) is 5. The van der Waals surface area contributed by atoms with Crippen molar-refractivity contribution in [3.63, 3.8) is 0 Å². The zero-order chi connectivity index (χ0) is 24.2. The average Bonchev–Trinajstić information content (AvgIpc) is 3.14. The molecule has 4 rings (SSSR count). The highest BCUT2D eigenvalue weighted by molar-refractivity contribution is 9.10. The van der Waals surface area contributed by atoms with Crippen LogP contribution >= 0.6 is 15.9 Å². The van der Waals surface area contributed by atoms with Gasteiger partial charge in [-0.25, -0.2) is 9.59 Å². The first-order valence-electron chi connectivity index (χ1n) is 10.4. The number of carbonyl (C=O) groups is 3. The molecule has 0 spiro atoms. The highest BCUT2D eigenvalue weighted by Crippen LogP contribution is 2.44. The number of aliphatic carboxylic acids is 1. The maximum atomic E-state index is 12.5. The lowest BCUT2D eigenvalue weighted by Crippen LogP contribution is -2.36.